The van der Waals surface area contributed by atoms with Gasteiger partial charge in [0.05, 0.1) is 25.4 Å². The van der Waals surface area contributed by atoms with Gasteiger partial charge in [-0.25, -0.2) is 4.68 Å². The predicted octanol–water partition coefficient (Wildman–Crippen LogP) is 3.96. The van der Waals surface area contributed by atoms with Crippen molar-refractivity contribution in [3.8, 4) is 11.5 Å². The first-order valence-electron chi connectivity index (χ1n) is 12.8. The number of ether oxygens (including phenoxy) is 1. The Kier molecular flexibility index (Phi) is 7.57. The number of carbonyl (C=O) groups excluding carboxylic acids is 2. The van der Waals surface area contributed by atoms with Crippen LogP contribution >= 0.6 is 0 Å². The fourth-order valence-electron chi connectivity index (χ4n) is 5.02. The normalized spacial score (nSPS) is 14.8. The molecule has 0 aliphatic heterocycles. The number of fused-ring (bicyclic) bond motifs is 1. The molecule has 2 aromatic carbocycles. The molecule has 2 heterocycles. The summed E-state index contributed by atoms with van der Waals surface area (Å²) < 4.78 is 12.3. The molecule has 1 fully saturated rings. The molecule has 2 N–H and O–H groups in total. The summed E-state index contributed by atoms with van der Waals surface area (Å²) in [5.41, 5.74) is 1.84. The van der Waals surface area contributed by atoms with E-state index in [1.807, 2.05) is 24.3 Å². The molecule has 198 valence electrons. The average Bonchev–Trinajstić information content (AvgIpc) is 3.59. The molecule has 5 rings (SSSR count). The molecule has 1 unspecified atom stereocenters. The molecule has 38 heavy (non-hydrogen) atoms. The number of nitrogens with zero attached hydrogens (tertiary/aromatic N) is 4. The predicted molar refractivity (Wildman–Crippen MR) is 139 cm³/mol. The van der Waals surface area contributed by atoms with E-state index in [4.69, 9.17) is 9.15 Å². The van der Waals surface area contributed by atoms with Crippen LogP contribution in [0.1, 0.15) is 49.5 Å². The van der Waals surface area contributed by atoms with Gasteiger partial charge in [-0.1, -0.05) is 42.7 Å². The van der Waals surface area contributed by atoms with Crippen LogP contribution in [0, 0.1) is 0 Å². The van der Waals surface area contributed by atoms with E-state index in [2.05, 4.69) is 15.6 Å². The highest BCUT2D eigenvalue weighted by atomic mass is 16.5. The summed E-state index contributed by atoms with van der Waals surface area (Å²) in [4.78, 5) is 29.3. The smallest absolute Gasteiger partial charge is 0.247 e. The molecular weight excluding hydrogens is 486 g/mol. The van der Waals surface area contributed by atoms with Crippen LogP contribution in [0.15, 0.2) is 65.3 Å². The summed E-state index contributed by atoms with van der Waals surface area (Å²) in [6.45, 7) is -0.0788. The fourth-order valence-corrected chi connectivity index (χ4v) is 5.02. The number of benzene rings is 2. The minimum atomic E-state index is -1.03. The number of nitrogens with one attached hydrogen (secondary N) is 1. The number of hydrogen-bond donors (Lipinski definition) is 2. The Labute approximate surface area is 220 Å². The molecule has 0 bridgehead atoms. The second kappa shape index (κ2) is 11.4. The molecular formula is C28H31N5O5. The summed E-state index contributed by atoms with van der Waals surface area (Å²) in [6.07, 6.45) is 6.56. The number of hydrogen-bond acceptors (Lipinski definition) is 7. The standard InChI is InChI=1S/C28H31N5O5/c1-37-25-14-13-19(16-24(25)34)27(28(36)29-20-8-3-2-4-9-20)32(17-21-10-7-15-38-21)26(35)18-33-23-12-6-5-11-22(23)30-31-33/h5-7,10-16,20,27,34H,2-4,8-9,17-18H2,1H3,(H,29,36). The second-order valence-corrected chi connectivity index (χ2v) is 9.51. The highest BCUT2D eigenvalue weighted by Crippen LogP contribution is 2.33. The van der Waals surface area contributed by atoms with Crippen LogP contribution < -0.4 is 10.1 Å². The van der Waals surface area contributed by atoms with Crippen LogP contribution in [-0.2, 0) is 22.7 Å². The van der Waals surface area contributed by atoms with Crippen LogP contribution in [0.2, 0.25) is 0 Å². The Hall–Kier alpha value is -4.34. The Balaban J connectivity index is 1.52. The lowest BCUT2D eigenvalue weighted by molar-refractivity contribution is -0.142. The molecule has 1 atom stereocenters. The van der Waals surface area contributed by atoms with Gasteiger partial charge in [0, 0.05) is 6.04 Å². The van der Waals surface area contributed by atoms with Gasteiger partial charge in [0.15, 0.2) is 11.5 Å². The minimum absolute atomic E-state index is 0.0328. The zero-order chi connectivity index (χ0) is 26.5. The highest BCUT2D eigenvalue weighted by Gasteiger charge is 2.34. The van der Waals surface area contributed by atoms with Crippen molar-refractivity contribution in [3.63, 3.8) is 0 Å². The van der Waals surface area contributed by atoms with Crippen molar-refractivity contribution in [2.75, 3.05) is 7.11 Å². The van der Waals surface area contributed by atoms with Crippen LogP contribution in [-0.4, -0.2) is 50.0 Å². The molecule has 1 aliphatic rings. The summed E-state index contributed by atoms with van der Waals surface area (Å²) in [5.74, 6) is 0.0160. The van der Waals surface area contributed by atoms with Crippen molar-refractivity contribution in [1.82, 2.24) is 25.2 Å². The molecule has 0 spiro atoms. The van der Waals surface area contributed by atoms with E-state index >= 15 is 0 Å². The number of aromatic nitrogens is 3. The highest BCUT2D eigenvalue weighted by molar-refractivity contribution is 5.89. The van der Waals surface area contributed by atoms with Gasteiger partial charge in [-0.3, -0.25) is 9.59 Å². The quantitative estimate of drug-likeness (QED) is 0.345. The van der Waals surface area contributed by atoms with Crippen LogP contribution in [0.5, 0.6) is 11.5 Å². The van der Waals surface area contributed by atoms with E-state index in [9.17, 15) is 14.7 Å². The van der Waals surface area contributed by atoms with Crippen molar-refractivity contribution in [1.29, 1.82) is 0 Å². The third kappa shape index (κ3) is 5.49. The van der Waals surface area contributed by atoms with E-state index in [1.54, 1.807) is 24.3 Å². The van der Waals surface area contributed by atoms with Gasteiger partial charge in [0.1, 0.15) is 23.9 Å². The molecule has 1 aliphatic carbocycles. The number of furan rings is 1. The molecule has 10 heteroatoms. The lowest BCUT2D eigenvalue weighted by atomic mass is 9.94. The summed E-state index contributed by atoms with van der Waals surface area (Å²) in [7, 11) is 1.46. The number of phenolic OH excluding ortho intramolecular Hbond substituents is 1. The topological polar surface area (TPSA) is 123 Å². The van der Waals surface area contributed by atoms with Crippen molar-refractivity contribution in [2.45, 2.75) is 57.3 Å². The number of amides is 2. The molecule has 10 nitrogen and oxygen atoms in total. The number of phenols is 1. The maximum absolute atomic E-state index is 13.9. The summed E-state index contributed by atoms with van der Waals surface area (Å²) in [5, 5.41) is 22.0. The van der Waals surface area contributed by atoms with Crippen molar-refractivity contribution < 1.29 is 23.8 Å². The minimum Gasteiger partial charge on any atom is -0.504 e. The number of aromatic hydroxyl groups is 1. The third-order valence-corrected chi connectivity index (χ3v) is 6.96. The van der Waals surface area contributed by atoms with Crippen molar-refractivity contribution in [2.24, 2.45) is 0 Å². The Morgan fingerprint density at radius 2 is 1.97 bits per heavy atom. The van der Waals surface area contributed by atoms with E-state index in [0.717, 1.165) is 32.1 Å². The maximum atomic E-state index is 13.9. The van der Waals surface area contributed by atoms with Gasteiger partial charge in [0.2, 0.25) is 11.8 Å². The SMILES string of the molecule is COc1ccc(C(C(=O)NC2CCCCC2)N(Cc2ccco2)C(=O)Cn2nnc3ccccc32)cc1O. The Bertz CT molecular complexity index is 1390. The van der Waals surface area contributed by atoms with Gasteiger partial charge in [-0.15, -0.1) is 5.10 Å². The van der Waals surface area contributed by atoms with Gasteiger partial charge >= 0.3 is 0 Å². The van der Waals surface area contributed by atoms with E-state index in [1.165, 1.54) is 29.0 Å². The largest absolute Gasteiger partial charge is 0.504 e. The number of methoxy groups -OCH3 is 1. The number of rotatable bonds is 9. The second-order valence-electron chi connectivity index (χ2n) is 9.51. The number of carbonyl (C=O) groups is 2. The summed E-state index contributed by atoms with van der Waals surface area (Å²) in [6, 6.07) is 14.6. The van der Waals surface area contributed by atoms with Gasteiger partial charge in [0.25, 0.3) is 0 Å². The van der Waals surface area contributed by atoms with Gasteiger partial charge in [-0.2, -0.15) is 0 Å². The molecule has 1 saturated carbocycles. The Morgan fingerprint density at radius 3 is 2.71 bits per heavy atom. The zero-order valence-corrected chi connectivity index (χ0v) is 21.2. The first-order chi connectivity index (χ1) is 18.5. The lowest BCUT2D eigenvalue weighted by Gasteiger charge is -2.33. The van der Waals surface area contributed by atoms with E-state index in [0.29, 0.717) is 22.4 Å². The first kappa shape index (κ1) is 25.3. The molecule has 4 aromatic rings. The fraction of sp³-hybridized carbons (Fsp3) is 0.357. The van der Waals surface area contributed by atoms with Crippen molar-refractivity contribution >= 4 is 22.8 Å². The lowest BCUT2D eigenvalue weighted by Crippen LogP contribution is -2.47. The van der Waals surface area contributed by atoms with Crippen molar-refractivity contribution in [3.05, 3.63) is 72.2 Å². The third-order valence-electron chi connectivity index (χ3n) is 6.96. The average molecular weight is 518 g/mol. The van der Waals surface area contributed by atoms with Gasteiger partial charge < -0.3 is 24.5 Å². The zero-order valence-electron chi connectivity index (χ0n) is 21.2. The van der Waals surface area contributed by atoms with Crippen LogP contribution in [0.3, 0.4) is 0 Å². The van der Waals surface area contributed by atoms with E-state index in [-0.39, 0.29) is 42.4 Å². The molecule has 2 aromatic heterocycles. The number of para-hydroxylation sites is 1. The van der Waals surface area contributed by atoms with Crippen LogP contribution in [0.4, 0.5) is 0 Å². The van der Waals surface area contributed by atoms with Gasteiger partial charge in [-0.05, 0) is 54.8 Å². The molecule has 0 saturated heterocycles. The molecule has 2 amide bonds. The maximum Gasteiger partial charge on any atom is 0.247 e. The monoisotopic (exact) mass is 517 g/mol. The summed E-state index contributed by atoms with van der Waals surface area (Å²) >= 11 is 0. The first-order valence-corrected chi connectivity index (χ1v) is 12.8. The van der Waals surface area contributed by atoms with E-state index < -0.39 is 6.04 Å². The van der Waals surface area contributed by atoms with Crippen LogP contribution in [0.25, 0.3) is 11.0 Å². The molecule has 0 radical (unpaired) electrons. The Morgan fingerprint density at radius 1 is 1.16 bits per heavy atom.